The van der Waals surface area contributed by atoms with E-state index in [9.17, 15) is 0 Å². The molecular weight excluding hydrogens is 182 g/mol. The zero-order chi connectivity index (χ0) is 11.8. The molecule has 0 N–H and O–H groups in total. The first-order valence-electron chi connectivity index (χ1n) is 5.68. The number of nitrogens with zero attached hydrogens (tertiary/aromatic N) is 1. The lowest BCUT2D eigenvalue weighted by molar-refractivity contribution is 0.326. The third-order valence-corrected chi connectivity index (χ3v) is 2.97. The first-order valence-corrected chi connectivity index (χ1v) is 5.68. The highest BCUT2D eigenvalue weighted by Crippen LogP contribution is 2.15. The van der Waals surface area contributed by atoms with E-state index in [1.807, 2.05) is 12.2 Å². The van der Waals surface area contributed by atoms with Gasteiger partial charge < -0.3 is 4.90 Å². The highest BCUT2D eigenvalue weighted by molar-refractivity contribution is 5.16. The zero-order valence-corrected chi connectivity index (χ0v) is 10.7. The average molecular weight is 207 g/mol. The maximum atomic E-state index is 4.01. The molecule has 0 aliphatic rings. The van der Waals surface area contributed by atoms with Gasteiger partial charge in [-0.25, -0.2) is 0 Å². The van der Waals surface area contributed by atoms with Crippen LogP contribution in [0.1, 0.15) is 27.2 Å². The third-order valence-electron chi connectivity index (χ3n) is 2.97. The SMILES string of the molecule is C=C/C=C\C(=C)N(C)CCC(C)C(C)C. The summed E-state index contributed by atoms with van der Waals surface area (Å²) in [4.78, 5) is 2.19. The van der Waals surface area contributed by atoms with Crippen LogP contribution in [0.25, 0.3) is 0 Å². The summed E-state index contributed by atoms with van der Waals surface area (Å²) in [5.74, 6) is 1.53. The summed E-state index contributed by atoms with van der Waals surface area (Å²) in [7, 11) is 2.09. The topological polar surface area (TPSA) is 3.24 Å². The summed E-state index contributed by atoms with van der Waals surface area (Å²) < 4.78 is 0. The van der Waals surface area contributed by atoms with Crippen LogP contribution in [0.4, 0.5) is 0 Å². The van der Waals surface area contributed by atoms with Crippen molar-refractivity contribution < 1.29 is 0 Å². The Hall–Kier alpha value is -0.980. The standard InChI is InChI=1S/C14H25N/c1-7-8-9-14(5)15(6)11-10-13(4)12(2)3/h7-9,12-13H,1,5,10-11H2,2-4,6H3/b9-8-. The molecule has 1 nitrogen and oxygen atoms in total. The lowest BCUT2D eigenvalue weighted by Gasteiger charge is -2.23. The predicted octanol–water partition coefficient (Wildman–Crippen LogP) is 3.86. The number of rotatable bonds is 7. The maximum Gasteiger partial charge on any atom is 0.0290 e. The fourth-order valence-corrected chi connectivity index (χ4v) is 1.18. The van der Waals surface area contributed by atoms with Crippen molar-refractivity contribution in [3.05, 3.63) is 37.1 Å². The molecule has 0 bridgehead atoms. The molecule has 0 saturated carbocycles. The highest BCUT2D eigenvalue weighted by Gasteiger charge is 2.08. The van der Waals surface area contributed by atoms with Crippen LogP contribution in [-0.4, -0.2) is 18.5 Å². The van der Waals surface area contributed by atoms with Gasteiger partial charge in [-0.05, 0) is 24.3 Å². The van der Waals surface area contributed by atoms with Gasteiger partial charge in [-0.15, -0.1) is 0 Å². The lowest BCUT2D eigenvalue weighted by Crippen LogP contribution is -2.20. The molecule has 0 aromatic carbocycles. The Bertz CT molecular complexity index is 225. The second-order valence-electron chi connectivity index (χ2n) is 4.52. The molecule has 0 saturated heterocycles. The molecule has 86 valence electrons. The number of likely N-dealkylation sites (N-methyl/N-ethyl adjacent to an activating group) is 1. The minimum absolute atomic E-state index is 0.760. The van der Waals surface area contributed by atoms with Crippen molar-refractivity contribution in [2.75, 3.05) is 13.6 Å². The van der Waals surface area contributed by atoms with E-state index >= 15 is 0 Å². The van der Waals surface area contributed by atoms with E-state index < -0.39 is 0 Å². The van der Waals surface area contributed by atoms with Crippen molar-refractivity contribution in [1.29, 1.82) is 0 Å². The molecule has 0 fully saturated rings. The van der Waals surface area contributed by atoms with Gasteiger partial charge in [0.05, 0.1) is 0 Å². The Morgan fingerprint density at radius 3 is 2.40 bits per heavy atom. The second kappa shape index (κ2) is 7.33. The Morgan fingerprint density at radius 2 is 1.93 bits per heavy atom. The molecule has 15 heavy (non-hydrogen) atoms. The molecule has 1 heteroatoms. The van der Waals surface area contributed by atoms with Crippen molar-refractivity contribution in [2.24, 2.45) is 11.8 Å². The molecular formula is C14H25N. The van der Waals surface area contributed by atoms with Gasteiger partial charge in [-0.1, -0.05) is 46.1 Å². The Kier molecular flexibility index (Phi) is 6.85. The fourth-order valence-electron chi connectivity index (χ4n) is 1.18. The molecule has 0 aromatic heterocycles. The lowest BCUT2D eigenvalue weighted by atomic mass is 9.94. The quantitative estimate of drug-likeness (QED) is 0.573. The van der Waals surface area contributed by atoms with Crippen molar-refractivity contribution in [2.45, 2.75) is 27.2 Å². The van der Waals surface area contributed by atoms with E-state index in [0.717, 1.165) is 24.1 Å². The van der Waals surface area contributed by atoms with Crippen LogP contribution in [0.2, 0.25) is 0 Å². The first kappa shape index (κ1) is 14.0. The fraction of sp³-hybridized carbons (Fsp3) is 0.571. The third kappa shape index (κ3) is 6.16. The van der Waals surface area contributed by atoms with Crippen LogP contribution >= 0.6 is 0 Å². The molecule has 0 radical (unpaired) electrons. The molecule has 1 unspecified atom stereocenters. The zero-order valence-electron chi connectivity index (χ0n) is 10.7. The number of hydrogen-bond donors (Lipinski definition) is 0. The molecule has 0 spiro atoms. The Balaban J connectivity index is 3.92. The van der Waals surface area contributed by atoms with Crippen LogP contribution in [0.3, 0.4) is 0 Å². The van der Waals surface area contributed by atoms with Gasteiger partial charge in [0.15, 0.2) is 0 Å². The number of hydrogen-bond acceptors (Lipinski definition) is 1. The summed E-state index contributed by atoms with van der Waals surface area (Å²) in [5, 5.41) is 0. The summed E-state index contributed by atoms with van der Waals surface area (Å²) >= 11 is 0. The molecule has 0 aromatic rings. The molecule has 0 heterocycles. The van der Waals surface area contributed by atoms with Crippen molar-refractivity contribution >= 4 is 0 Å². The smallest absolute Gasteiger partial charge is 0.0290 e. The van der Waals surface area contributed by atoms with E-state index in [1.165, 1.54) is 6.42 Å². The van der Waals surface area contributed by atoms with Gasteiger partial charge in [0.2, 0.25) is 0 Å². The van der Waals surface area contributed by atoms with Gasteiger partial charge in [-0.2, -0.15) is 0 Å². The van der Waals surface area contributed by atoms with Crippen LogP contribution in [0.15, 0.2) is 37.1 Å². The van der Waals surface area contributed by atoms with E-state index in [1.54, 1.807) is 6.08 Å². The first-order chi connectivity index (χ1) is 6.99. The van der Waals surface area contributed by atoms with Gasteiger partial charge in [-0.3, -0.25) is 0 Å². The van der Waals surface area contributed by atoms with E-state index in [-0.39, 0.29) is 0 Å². The summed E-state index contributed by atoms with van der Waals surface area (Å²) in [6.45, 7) is 15.6. The molecule has 0 amide bonds. The summed E-state index contributed by atoms with van der Waals surface area (Å²) in [5.41, 5.74) is 1.05. The van der Waals surface area contributed by atoms with Gasteiger partial charge in [0, 0.05) is 19.3 Å². The molecule has 0 aliphatic carbocycles. The van der Waals surface area contributed by atoms with E-state index in [2.05, 4.69) is 45.9 Å². The van der Waals surface area contributed by atoms with Crippen LogP contribution in [-0.2, 0) is 0 Å². The highest BCUT2D eigenvalue weighted by atomic mass is 15.1. The minimum Gasteiger partial charge on any atom is -0.375 e. The van der Waals surface area contributed by atoms with Crippen LogP contribution in [0, 0.1) is 11.8 Å². The van der Waals surface area contributed by atoms with E-state index in [4.69, 9.17) is 0 Å². The average Bonchev–Trinajstić information content (AvgIpc) is 2.21. The second-order valence-corrected chi connectivity index (χ2v) is 4.52. The largest absolute Gasteiger partial charge is 0.375 e. The molecule has 0 rings (SSSR count). The minimum atomic E-state index is 0.760. The Morgan fingerprint density at radius 1 is 1.33 bits per heavy atom. The van der Waals surface area contributed by atoms with Crippen molar-refractivity contribution in [1.82, 2.24) is 4.90 Å². The normalized spacial score (nSPS) is 13.1. The monoisotopic (exact) mass is 207 g/mol. The van der Waals surface area contributed by atoms with Crippen molar-refractivity contribution in [3.8, 4) is 0 Å². The van der Waals surface area contributed by atoms with Gasteiger partial charge in [0.25, 0.3) is 0 Å². The van der Waals surface area contributed by atoms with Crippen LogP contribution < -0.4 is 0 Å². The Labute approximate surface area is 95.2 Å². The number of allylic oxidation sites excluding steroid dienone is 3. The van der Waals surface area contributed by atoms with Crippen LogP contribution in [0.5, 0.6) is 0 Å². The van der Waals surface area contributed by atoms with E-state index in [0.29, 0.717) is 0 Å². The predicted molar refractivity (Wildman–Crippen MR) is 69.7 cm³/mol. The van der Waals surface area contributed by atoms with Gasteiger partial charge in [0.1, 0.15) is 0 Å². The van der Waals surface area contributed by atoms with Gasteiger partial charge >= 0.3 is 0 Å². The summed E-state index contributed by atoms with van der Waals surface area (Å²) in [6.07, 6.45) is 6.91. The van der Waals surface area contributed by atoms with Crippen molar-refractivity contribution in [3.63, 3.8) is 0 Å². The molecule has 1 atom stereocenters. The maximum absolute atomic E-state index is 4.01. The summed E-state index contributed by atoms with van der Waals surface area (Å²) in [6, 6.07) is 0. The molecule has 0 aliphatic heterocycles.